The van der Waals surface area contributed by atoms with Gasteiger partial charge in [-0.1, -0.05) is 36.5 Å². The number of carbonyl (C=O) groups excluding carboxylic acids is 1. The quantitative estimate of drug-likeness (QED) is 0.846. The number of rotatable bonds is 4. The highest BCUT2D eigenvalue weighted by Gasteiger charge is 2.08. The number of nitrogens with one attached hydrogen (secondary N) is 1. The standard InChI is InChI=1S/C13H13N3OS2/c1-8-16-11(7-19-8)13(17)15-6-9-2-4-10(5-3-9)12(14)18/h2-5,7H,6H2,1H3,(H2,14,18)(H,15,17). The molecular weight excluding hydrogens is 278 g/mol. The van der Waals surface area contributed by atoms with Crippen molar-refractivity contribution in [3.8, 4) is 0 Å². The molecule has 98 valence electrons. The van der Waals surface area contributed by atoms with Gasteiger partial charge in [0.15, 0.2) is 0 Å². The van der Waals surface area contributed by atoms with Crippen molar-refractivity contribution in [2.24, 2.45) is 5.73 Å². The van der Waals surface area contributed by atoms with Gasteiger partial charge in [-0.15, -0.1) is 11.3 Å². The molecule has 0 fully saturated rings. The summed E-state index contributed by atoms with van der Waals surface area (Å²) >= 11 is 6.34. The van der Waals surface area contributed by atoms with Gasteiger partial charge >= 0.3 is 0 Å². The van der Waals surface area contributed by atoms with E-state index in [9.17, 15) is 4.79 Å². The van der Waals surface area contributed by atoms with Crippen molar-refractivity contribution >= 4 is 34.5 Å². The Labute approximate surface area is 120 Å². The summed E-state index contributed by atoms with van der Waals surface area (Å²) in [5.74, 6) is -0.164. The second-order valence-electron chi connectivity index (χ2n) is 4.00. The number of hydrogen-bond acceptors (Lipinski definition) is 4. The number of benzene rings is 1. The molecule has 0 saturated carbocycles. The van der Waals surface area contributed by atoms with E-state index in [-0.39, 0.29) is 5.91 Å². The predicted octanol–water partition coefficient (Wildman–Crippen LogP) is 2.02. The molecule has 0 spiro atoms. The van der Waals surface area contributed by atoms with Gasteiger partial charge in [0.05, 0.1) is 5.01 Å². The lowest BCUT2D eigenvalue weighted by atomic mass is 10.1. The molecule has 0 aliphatic carbocycles. The second kappa shape index (κ2) is 5.90. The molecule has 2 aromatic rings. The van der Waals surface area contributed by atoms with Crippen molar-refractivity contribution < 1.29 is 4.79 Å². The van der Waals surface area contributed by atoms with Crippen LogP contribution in [0.15, 0.2) is 29.6 Å². The summed E-state index contributed by atoms with van der Waals surface area (Å²) in [4.78, 5) is 16.3. The van der Waals surface area contributed by atoms with Crippen LogP contribution in [0.25, 0.3) is 0 Å². The number of carbonyl (C=O) groups is 1. The molecule has 1 aromatic heterocycles. The lowest BCUT2D eigenvalue weighted by Crippen LogP contribution is -2.23. The maximum absolute atomic E-state index is 11.8. The van der Waals surface area contributed by atoms with Crippen LogP contribution in [-0.4, -0.2) is 15.9 Å². The summed E-state index contributed by atoms with van der Waals surface area (Å²) in [6, 6.07) is 7.47. The minimum absolute atomic E-state index is 0.164. The molecule has 0 unspecified atom stereocenters. The molecule has 1 aromatic carbocycles. The summed E-state index contributed by atoms with van der Waals surface area (Å²) < 4.78 is 0. The first kappa shape index (κ1) is 13.6. The van der Waals surface area contributed by atoms with Crippen LogP contribution in [-0.2, 0) is 6.54 Å². The van der Waals surface area contributed by atoms with Gasteiger partial charge in [-0.25, -0.2) is 4.98 Å². The minimum atomic E-state index is -0.164. The zero-order valence-electron chi connectivity index (χ0n) is 10.3. The van der Waals surface area contributed by atoms with Crippen LogP contribution >= 0.6 is 23.6 Å². The summed E-state index contributed by atoms with van der Waals surface area (Å²) in [7, 11) is 0. The molecule has 0 aliphatic rings. The molecule has 0 aliphatic heterocycles. The normalized spacial score (nSPS) is 10.2. The van der Waals surface area contributed by atoms with E-state index >= 15 is 0 Å². The molecule has 1 amide bonds. The van der Waals surface area contributed by atoms with E-state index in [0.29, 0.717) is 17.2 Å². The Bertz CT molecular complexity index is 605. The third-order valence-electron chi connectivity index (χ3n) is 2.54. The molecule has 0 radical (unpaired) electrons. The Morgan fingerprint density at radius 2 is 2.11 bits per heavy atom. The zero-order valence-corrected chi connectivity index (χ0v) is 12.0. The Balaban J connectivity index is 1.95. The fourth-order valence-electron chi connectivity index (χ4n) is 1.53. The maximum Gasteiger partial charge on any atom is 0.271 e. The summed E-state index contributed by atoms with van der Waals surface area (Å²) in [5, 5.41) is 5.45. The van der Waals surface area contributed by atoms with Crippen molar-refractivity contribution in [1.29, 1.82) is 0 Å². The van der Waals surface area contributed by atoms with Crippen molar-refractivity contribution in [3.05, 3.63) is 51.5 Å². The third kappa shape index (κ3) is 3.59. The molecular formula is C13H13N3OS2. The first-order valence-corrected chi connectivity index (χ1v) is 6.94. The highest BCUT2D eigenvalue weighted by Crippen LogP contribution is 2.08. The van der Waals surface area contributed by atoms with Gasteiger partial charge in [-0.2, -0.15) is 0 Å². The summed E-state index contributed by atoms with van der Waals surface area (Å²) in [5.41, 5.74) is 7.79. The van der Waals surface area contributed by atoms with Gasteiger partial charge in [0, 0.05) is 17.5 Å². The number of aryl methyl sites for hydroxylation is 1. The number of hydrogen-bond donors (Lipinski definition) is 2. The van der Waals surface area contributed by atoms with Crippen molar-refractivity contribution in [2.75, 3.05) is 0 Å². The summed E-state index contributed by atoms with van der Waals surface area (Å²) in [6.45, 7) is 2.32. The SMILES string of the molecule is Cc1nc(C(=O)NCc2ccc(C(N)=S)cc2)cs1. The van der Waals surface area contributed by atoms with E-state index in [1.165, 1.54) is 11.3 Å². The topological polar surface area (TPSA) is 68.0 Å². The summed E-state index contributed by atoms with van der Waals surface area (Å²) in [6.07, 6.45) is 0. The molecule has 0 bridgehead atoms. The van der Waals surface area contributed by atoms with E-state index < -0.39 is 0 Å². The molecule has 4 nitrogen and oxygen atoms in total. The number of nitrogens with two attached hydrogens (primary N) is 1. The highest BCUT2D eigenvalue weighted by atomic mass is 32.1. The maximum atomic E-state index is 11.8. The van der Waals surface area contributed by atoms with Crippen LogP contribution in [0.3, 0.4) is 0 Å². The Morgan fingerprint density at radius 3 is 2.63 bits per heavy atom. The van der Waals surface area contributed by atoms with Crippen molar-refractivity contribution in [3.63, 3.8) is 0 Å². The molecule has 3 N–H and O–H groups in total. The van der Waals surface area contributed by atoms with Gasteiger partial charge in [-0.3, -0.25) is 4.79 Å². The molecule has 1 heterocycles. The van der Waals surface area contributed by atoms with Gasteiger partial charge < -0.3 is 11.1 Å². The molecule has 2 rings (SSSR count). The largest absolute Gasteiger partial charge is 0.389 e. The van der Waals surface area contributed by atoms with Crippen molar-refractivity contribution in [2.45, 2.75) is 13.5 Å². The number of thiazole rings is 1. The van der Waals surface area contributed by atoms with Crippen LogP contribution in [0.1, 0.15) is 26.6 Å². The average molecular weight is 291 g/mol. The van der Waals surface area contributed by atoms with Gasteiger partial charge in [-0.05, 0) is 12.5 Å². The number of aromatic nitrogens is 1. The van der Waals surface area contributed by atoms with Crippen LogP contribution in [0, 0.1) is 6.92 Å². The molecule has 6 heteroatoms. The number of nitrogens with zero attached hydrogens (tertiary/aromatic N) is 1. The number of thiocarbonyl (C=S) groups is 1. The van der Waals surface area contributed by atoms with Crippen LogP contribution in [0.2, 0.25) is 0 Å². The fourth-order valence-corrected chi connectivity index (χ4v) is 2.26. The first-order chi connectivity index (χ1) is 9.06. The lowest BCUT2D eigenvalue weighted by Gasteiger charge is -2.04. The Hall–Kier alpha value is -1.79. The van der Waals surface area contributed by atoms with E-state index in [1.807, 2.05) is 31.2 Å². The third-order valence-corrected chi connectivity index (χ3v) is 3.55. The van der Waals surface area contributed by atoms with E-state index in [4.69, 9.17) is 18.0 Å². The van der Waals surface area contributed by atoms with Crippen LogP contribution < -0.4 is 11.1 Å². The van der Waals surface area contributed by atoms with E-state index in [1.54, 1.807) is 5.38 Å². The zero-order chi connectivity index (χ0) is 13.8. The van der Waals surface area contributed by atoms with E-state index in [2.05, 4.69) is 10.3 Å². The first-order valence-electron chi connectivity index (χ1n) is 5.65. The van der Waals surface area contributed by atoms with Gasteiger partial charge in [0.2, 0.25) is 0 Å². The molecule has 0 atom stereocenters. The van der Waals surface area contributed by atoms with Gasteiger partial charge in [0.1, 0.15) is 10.7 Å². The molecule has 19 heavy (non-hydrogen) atoms. The van der Waals surface area contributed by atoms with Crippen molar-refractivity contribution in [1.82, 2.24) is 10.3 Å². The minimum Gasteiger partial charge on any atom is -0.389 e. The van der Waals surface area contributed by atoms with Crippen LogP contribution in [0.5, 0.6) is 0 Å². The Kier molecular flexibility index (Phi) is 4.24. The Morgan fingerprint density at radius 1 is 1.42 bits per heavy atom. The van der Waals surface area contributed by atoms with Crippen LogP contribution in [0.4, 0.5) is 0 Å². The molecule has 0 saturated heterocycles. The number of amides is 1. The second-order valence-corrected chi connectivity index (χ2v) is 5.50. The smallest absolute Gasteiger partial charge is 0.271 e. The van der Waals surface area contributed by atoms with Gasteiger partial charge in [0.25, 0.3) is 5.91 Å². The predicted molar refractivity (Wildman–Crippen MR) is 80.4 cm³/mol. The lowest BCUT2D eigenvalue weighted by molar-refractivity contribution is 0.0946. The monoisotopic (exact) mass is 291 g/mol. The highest BCUT2D eigenvalue weighted by molar-refractivity contribution is 7.80. The fraction of sp³-hybridized carbons (Fsp3) is 0.154. The van der Waals surface area contributed by atoms with E-state index in [0.717, 1.165) is 16.1 Å². The average Bonchev–Trinajstić information content (AvgIpc) is 2.83.